The van der Waals surface area contributed by atoms with Gasteiger partial charge in [-0.1, -0.05) is 36.4 Å². The molecule has 0 N–H and O–H groups in total. The normalized spacial score (nSPS) is 25.2. The molecule has 10 heteroatoms. The number of ether oxygens (including phenoxy) is 1. The summed E-state index contributed by atoms with van der Waals surface area (Å²) in [5.41, 5.74) is 5.35. The first-order valence-electron chi connectivity index (χ1n) is 14.7. The van der Waals surface area contributed by atoms with Crippen molar-refractivity contribution in [3.05, 3.63) is 64.1 Å². The predicted octanol–water partition coefficient (Wildman–Crippen LogP) is 4.86. The van der Waals surface area contributed by atoms with Gasteiger partial charge in [0.15, 0.2) is 5.83 Å². The number of allylic oxidation sites excluding steroid dienone is 2. The minimum absolute atomic E-state index is 0.0882. The Morgan fingerprint density at radius 2 is 2.12 bits per heavy atom. The molecule has 3 atom stereocenters. The Labute approximate surface area is 251 Å². The summed E-state index contributed by atoms with van der Waals surface area (Å²) in [6.45, 7) is 7.96. The van der Waals surface area contributed by atoms with Crippen molar-refractivity contribution in [1.82, 2.24) is 19.8 Å². The standard InChI is InChI=1S/C32H36ClFN6O2/c1-20-16-32(25-7-4-8-26(33)28(20)25)11-9-24-27(17-32)36-31(42-19-23-6-5-13-38(23)3)37-29(24)39-14-15-40(30(41)21(2)34)22(18-39)10-12-35/h4,7-8,16,22-23H,2,5-6,9-11,13-15,17-19H2,1,3H3/t22-,23-,32+/m0/s1. The fourth-order valence-corrected chi connectivity index (χ4v) is 7.65. The van der Waals surface area contributed by atoms with E-state index in [0.29, 0.717) is 38.2 Å². The van der Waals surface area contributed by atoms with Crippen LogP contribution in [0.3, 0.4) is 0 Å². The topological polar surface area (TPSA) is 85.6 Å². The van der Waals surface area contributed by atoms with Crippen molar-refractivity contribution in [1.29, 1.82) is 5.26 Å². The van der Waals surface area contributed by atoms with Gasteiger partial charge in [0.1, 0.15) is 12.4 Å². The van der Waals surface area contributed by atoms with Crippen LogP contribution in [0.1, 0.15) is 55.0 Å². The molecule has 4 aliphatic rings. The first-order chi connectivity index (χ1) is 20.2. The highest BCUT2D eigenvalue weighted by Gasteiger charge is 2.43. The van der Waals surface area contributed by atoms with E-state index in [2.05, 4.69) is 48.6 Å². The first-order valence-corrected chi connectivity index (χ1v) is 15.1. The number of nitrogens with zero attached hydrogens (tertiary/aromatic N) is 6. The van der Waals surface area contributed by atoms with Crippen LogP contribution in [0.5, 0.6) is 6.01 Å². The number of likely N-dealkylation sites (N-methyl/N-ethyl adjacent to an activating group) is 1. The third-order valence-electron chi connectivity index (χ3n) is 9.47. The second-order valence-electron chi connectivity index (χ2n) is 12.0. The summed E-state index contributed by atoms with van der Waals surface area (Å²) in [5.74, 6) is -0.986. The monoisotopic (exact) mass is 590 g/mol. The molecule has 3 heterocycles. The maximum absolute atomic E-state index is 13.8. The average molecular weight is 591 g/mol. The van der Waals surface area contributed by atoms with E-state index >= 15 is 0 Å². The van der Waals surface area contributed by atoms with Crippen molar-refractivity contribution in [3.8, 4) is 12.1 Å². The molecule has 2 aliphatic carbocycles. The van der Waals surface area contributed by atoms with Crippen LogP contribution in [-0.4, -0.2) is 77.6 Å². The van der Waals surface area contributed by atoms with Gasteiger partial charge in [0, 0.05) is 48.1 Å². The number of piperazine rings is 1. The molecule has 1 aromatic heterocycles. The van der Waals surface area contributed by atoms with E-state index in [1.807, 2.05) is 12.1 Å². The Morgan fingerprint density at radius 3 is 2.86 bits per heavy atom. The molecule has 2 fully saturated rings. The van der Waals surface area contributed by atoms with E-state index in [1.54, 1.807) is 0 Å². The number of carbonyl (C=O) groups is 1. The van der Waals surface area contributed by atoms with Crippen LogP contribution >= 0.6 is 11.6 Å². The third-order valence-corrected chi connectivity index (χ3v) is 9.78. The molecule has 42 heavy (non-hydrogen) atoms. The summed E-state index contributed by atoms with van der Waals surface area (Å²) < 4.78 is 20.1. The number of fused-ring (bicyclic) bond motifs is 3. The fraction of sp³-hybridized carbons (Fsp3) is 0.500. The Kier molecular flexibility index (Phi) is 7.71. The fourth-order valence-electron chi connectivity index (χ4n) is 7.33. The summed E-state index contributed by atoms with van der Waals surface area (Å²) in [6.07, 6.45) is 7.00. The number of benzene rings is 1. The number of rotatable bonds is 6. The number of hydrogen-bond acceptors (Lipinski definition) is 7. The second-order valence-corrected chi connectivity index (χ2v) is 12.4. The van der Waals surface area contributed by atoms with Gasteiger partial charge in [-0.05, 0) is 69.0 Å². The number of nitriles is 1. The number of carbonyl (C=O) groups excluding carboxylic acids is 1. The van der Waals surface area contributed by atoms with E-state index in [0.717, 1.165) is 59.9 Å². The number of anilines is 1. The first kappa shape index (κ1) is 28.6. The number of halogens is 2. The Bertz CT molecular complexity index is 1500. The highest BCUT2D eigenvalue weighted by Crippen LogP contribution is 2.50. The van der Waals surface area contributed by atoms with E-state index in [4.69, 9.17) is 26.3 Å². The van der Waals surface area contributed by atoms with Crippen molar-refractivity contribution in [2.24, 2.45) is 0 Å². The minimum Gasteiger partial charge on any atom is -0.462 e. The highest BCUT2D eigenvalue weighted by molar-refractivity contribution is 6.32. The van der Waals surface area contributed by atoms with Gasteiger partial charge in [0.05, 0.1) is 24.2 Å². The lowest BCUT2D eigenvalue weighted by Gasteiger charge is -2.42. The maximum atomic E-state index is 13.8. The van der Waals surface area contributed by atoms with Crippen LogP contribution < -0.4 is 9.64 Å². The summed E-state index contributed by atoms with van der Waals surface area (Å²) in [5, 5.41) is 10.3. The van der Waals surface area contributed by atoms with Gasteiger partial charge in [-0.2, -0.15) is 15.2 Å². The molecule has 1 aromatic carbocycles. The van der Waals surface area contributed by atoms with Gasteiger partial charge in [-0.15, -0.1) is 0 Å². The zero-order valence-corrected chi connectivity index (χ0v) is 25.0. The average Bonchev–Trinajstić information content (AvgIpc) is 3.51. The summed E-state index contributed by atoms with van der Waals surface area (Å²) >= 11 is 6.65. The van der Waals surface area contributed by atoms with Crippen molar-refractivity contribution in [2.45, 2.75) is 62.9 Å². The lowest BCUT2D eigenvalue weighted by atomic mass is 9.70. The highest BCUT2D eigenvalue weighted by atomic mass is 35.5. The Morgan fingerprint density at radius 1 is 1.29 bits per heavy atom. The third kappa shape index (κ3) is 5.05. The number of likely N-dealkylation sites (tertiary alicyclic amines) is 1. The lowest BCUT2D eigenvalue weighted by Crippen LogP contribution is -2.55. The van der Waals surface area contributed by atoms with Gasteiger partial charge in [0.2, 0.25) is 0 Å². The minimum atomic E-state index is -1.01. The SMILES string of the molecule is C=C(F)C(=O)N1CCN(c2nc(OC[C@@H]3CCCN3C)nc3c2CC[C@@]2(C=C(C)c4c(Cl)cccc42)C3)C[C@@H]1CC#N. The van der Waals surface area contributed by atoms with Crippen LogP contribution in [-0.2, 0) is 23.1 Å². The van der Waals surface area contributed by atoms with Crippen LogP contribution in [0.25, 0.3) is 5.57 Å². The van der Waals surface area contributed by atoms with E-state index in [-0.39, 0.29) is 18.4 Å². The molecule has 0 unspecified atom stereocenters. The molecule has 2 aliphatic heterocycles. The van der Waals surface area contributed by atoms with Crippen molar-refractivity contribution in [3.63, 3.8) is 0 Å². The molecule has 2 aromatic rings. The molecular formula is C32H36ClFN6O2. The number of aromatic nitrogens is 2. The zero-order valence-electron chi connectivity index (χ0n) is 24.2. The second kappa shape index (κ2) is 11.3. The molecule has 1 amide bonds. The zero-order chi connectivity index (χ0) is 29.6. The summed E-state index contributed by atoms with van der Waals surface area (Å²) in [6, 6.07) is 8.49. The molecule has 0 radical (unpaired) electrons. The molecule has 6 rings (SSSR count). The lowest BCUT2D eigenvalue weighted by molar-refractivity contribution is -0.131. The van der Waals surface area contributed by atoms with Crippen LogP contribution in [0.4, 0.5) is 10.2 Å². The smallest absolute Gasteiger partial charge is 0.318 e. The summed E-state index contributed by atoms with van der Waals surface area (Å²) in [7, 11) is 2.11. The number of amides is 1. The largest absolute Gasteiger partial charge is 0.462 e. The van der Waals surface area contributed by atoms with Crippen molar-refractivity contribution in [2.75, 3.05) is 44.7 Å². The van der Waals surface area contributed by atoms with Crippen LogP contribution in [0.15, 0.2) is 36.7 Å². The van der Waals surface area contributed by atoms with Gasteiger partial charge >= 0.3 is 6.01 Å². The van der Waals surface area contributed by atoms with E-state index < -0.39 is 17.8 Å². The molecule has 1 spiro atoms. The molecule has 0 bridgehead atoms. The quantitative estimate of drug-likeness (QED) is 0.444. The van der Waals surface area contributed by atoms with Crippen LogP contribution in [0.2, 0.25) is 5.02 Å². The van der Waals surface area contributed by atoms with Crippen LogP contribution in [0, 0.1) is 11.3 Å². The van der Waals surface area contributed by atoms with E-state index in [9.17, 15) is 14.4 Å². The Balaban J connectivity index is 1.36. The Hall–Kier alpha value is -3.48. The van der Waals surface area contributed by atoms with Crippen molar-refractivity contribution < 1.29 is 13.9 Å². The van der Waals surface area contributed by atoms with Gasteiger partial charge in [-0.25, -0.2) is 4.39 Å². The predicted molar refractivity (Wildman–Crippen MR) is 160 cm³/mol. The van der Waals surface area contributed by atoms with Gasteiger partial charge in [0.25, 0.3) is 5.91 Å². The molecule has 0 saturated carbocycles. The van der Waals surface area contributed by atoms with Crippen molar-refractivity contribution >= 4 is 28.9 Å². The number of hydrogen-bond donors (Lipinski definition) is 0. The molecular weight excluding hydrogens is 555 g/mol. The maximum Gasteiger partial charge on any atom is 0.318 e. The summed E-state index contributed by atoms with van der Waals surface area (Å²) in [4.78, 5) is 28.3. The van der Waals surface area contributed by atoms with Gasteiger partial charge in [-0.3, -0.25) is 4.79 Å². The molecule has 2 saturated heterocycles. The molecule has 220 valence electrons. The van der Waals surface area contributed by atoms with E-state index in [1.165, 1.54) is 16.0 Å². The van der Waals surface area contributed by atoms with Gasteiger partial charge < -0.3 is 19.4 Å². The molecule has 8 nitrogen and oxygen atoms in total.